The smallest absolute Gasteiger partial charge is 0.309 e. The molecule has 4 heteroatoms. The molecular formula is C14H27NO3. The number of carbonyl (C=O) groups is 1. The number of likely N-dealkylation sites (N-methyl/N-ethyl adjacent to an activating group) is 1. The second-order valence-corrected chi connectivity index (χ2v) is 6.03. The number of methoxy groups -OCH3 is 1. The van der Waals surface area contributed by atoms with Gasteiger partial charge in [0, 0.05) is 13.1 Å². The van der Waals surface area contributed by atoms with Crippen molar-refractivity contribution in [3.05, 3.63) is 0 Å². The third kappa shape index (κ3) is 4.58. The molecule has 0 heterocycles. The predicted molar refractivity (Wildman–Crippen MR) is 71.3 cm³/mol. The van der Waals surface area contributed by atoms with Crippen LogP contribution in [0.25, 0.3) is 0 Å². The summed E-state index contributed by atoms with van der Waals surface area (Å²) in [5.74, 6) is 0.391. The van der Waals surface area contributed by atoms with Crippen molar-refractivity contribution in [1.29, 1.82) is 0 Å². The van der Waals surface area contributed by atoms with Crippen LogP contribution in [0, 0.1) is 11.8 Å². The lowest BCUT2D eigenvalue weighted by molar-refractivity contribution is -0.145. The molecule has 1 fully saturated rings. The number of carbonyl (C=O) groups excluding carboxylic acids is 1. The SMILES string of the molecule is COC(=O)C(C)CN(C)CC1(O)CCC(C)CC1. The first-order chi connectivity index (χ1) is 8.36. The van der Waals surface area contributed by atoms with Crippen molar-refractivity contribution < 1.29 is 14.6 Å². The topological polar surface area (TPSA) is 49.8 Å². The Labute approximate surface area is 110 Å². The van der Waals surface area contributed by atoms with Gasteiger partial charge >= 0.3 is 5.97 Å². The Morgan fingerprint density at radius 2 is 2.06 bits per heavy atom. The van der Waals surface area contributed by atoms with Crippen LogP contribution in [0.15, 0.2) is 0 Å². The lowest BCUT2D eigenvalue weighted by Gasteiger charge is -2.38. The molecular weight excluding hydrogens is 230 g/mol. The zero-order chi connectivity index (χ0) is 13.8. The number of hydrogen-bond donors (Lipinski definition) is 1. The minimum atomic E-state index is -0.572. The Bertz CT molecular complexity index is 272. The third-order valence-corrected chi connectivity index (χ3v) is 3.96. The van der Waals surface area contributed by atoms with Gasteiger partial charge in [0.2, 0.25) is 0 Å². The van der Waals surface area contributed by atoms with Gasteiger partial charge in [-0.2, -0.15) is 0 Å². The molecule has 4 nitrogen and oxygen atoms in total. The second kappa shape index (κ2) is 6.53. The van der Waals surface area contributed by atoms with E-state index in [9.17, 15) is 9.90 Å². The first-order valence-electron chi connectivity index (χ1n) is 6.85. The summed E-state index contributed by atoms with van der Waals surface area (Å²) in [6.45, 7) is 5.36. The summed E-state index contributed by atoms with van der Waals surface area (Å²) in [5.41, 5.74) is -0.572. The van der Waals surface area contributed by atoms with Crippen LogP contribution in [0.3, 0.4) is 0 Å². The molecule has 0 aromatic carbocycles. The van der Waals surface area contributed by atoms with Gasteiger partial charge in [-0.15, -0.1) is 0 Å². The minimum Gasteiger partial charge on any atom is -0.469 e. The summed E-state index contributed by atoms with van der Waals surface area (Å²) in [7, 11) is 3.37. The van der Waals surface area contributed by atoms with Crippen LogP contribution in [-0.4, -0.2) is 48.8 Å². The van der Waals surface area contributed by atoms with E-state index in [0.717, 1.165) is 31.6 Å². The highest BCUT2D eigenvalue weighted by Gasteiger charge is 2.33. The fourth-order valence-corrected chi connectivity index (χ4v) is 2.77. The number of esters is 1. The van der Waals surface area contributed by atoms with Crippen LogP contribution in [0.5, 0.6) is 0 Å². The fourth-order valence-electron chi connectivity index (χ4n) is 2.77. The van der Waals surface area contributed by atoms with E-state index in [0.29, 0.717) is 13.1 Å². The van der Waals surface area contributed by atoms with Gasteiger partial charge in [0.1, 0.15) is 0 Å². The van der Waals surface area contributed by atoms with Gasteiger partial charge in [-0.05, 0) is 38.6 Å². The molecule has 0 radical (unpaired) electrons. The van der Waals surface area contributed by atoms with E-state index in [2.05, 4.69) is 6.92 Å². The van der Waals surface area contributed by atoms with Crippen molar-refractivity contribution >= 4 is 5.97 Å². The van der Waals surface area contributed by atoms with Gasteiger partial charge in [0.15, 0.2) is 0 Å². The van der Waals surface area contributed by atoms with Gasteiger partial charge in [-0.25, -0.2) is 0 Å². The van der Waals surface area contributed by atoms with Crippen LogP contribution < -0.4 is 0 Å². The molecule has 106 valence electrons. The van der Waals surface area contributed by atoms with Gasteiger partial charge < -0.3 is 14.7 Å². The normalized spacial score (nSPS) is 30.2. The Morgan fingerprint density at radius 3 is 2.56 bits per heavy atom. The van der Waals surface area contributed by atoms with Crippen molar-refractivity contribution in [3.8, 4) is 0 Å². The van der Waals surface area contributed by atoms with Gasteiger partial charge in [-0.3, -0.25) is 4.79 Å². The third-order valence-electron chi connectivity index (χ3n) is 3.96. The highest BCUT2D eigenvalue weighted by Crippen LogP contribution is 2.32. The minimum absolute atomic E-state index is 0.147. The zero-order valence-corrected chi connectivity index (χ0v) is 12.1. The second-order valence-electron chi connectivity index (χ2n) is 6.03. The number of rotatable bonds is 5. The predicted octanol–water partition coefficient (Wildman–Crippen LogP) is 1.67. The molecule has 0 aromatic heterocycles. The summed E-state index contributed by atoms with van der Waals surface area (Å²) in [6.07, 6.45) is 3.92. The van der Waals surface area contributed by atoms with E-state index in [1.807, 2.05) is 18.9 Å². The van der Waals surface area contributed by atoms with Gasteiger partial charge in [0.05, 0.1) is 18.6 Å². The molecule has 0 saturated heterocycles. The van der Waals surface area contributed by atoms with Gasteiger partial charge in [0.25, 0.3) is 0 Å². The molecule has 0 aliphatic heterocycles. The molecule has 0 bridgehead atoms. The Balaban J connectivity index is 2.39. The molecule has 0 aromatic rings. The first kappa shape index (κ1) is 15.4. The van der Waals surface area contributed by atoms with Crippen LogP contribution in [0.2, 0.25) is 0 Å². The summed E-state index contributed by atoms with van der Waals surface area (Å²) in [5, 5.41) is 10.5. The molecule has 18 heavy (non-hydrogen) atoms. The standard InChI is InChI=1S/C14H27NO3/c1-11-5-7-14(17,8-6-11)10-15(3)9-12(2)13(16)18-4/h11-12,17H,5-10H2,1-4H3. The first-order valence-corrected chi connectivity index (χ1v) is 6.85. The number of nitrogens with zero attached hydrogens (tertiary/aromatic N) is 1. The van der Waals surface area contributed by atoms with Crippen molar-refractivity contribution in [2.75, 3.05) is 27.2 Å². The molecule has 1 N–H and O–H groups in total. The molecule has 1 atom stereocenters. The van der Waals surface area contributed by atoms with E-state index in [1.165, 1.54) is 7.11 Å². The maximum atomic E-state index is 11.4. The van der Waals surface area contributed by atoms with Gasteiger partial charge in [-0.1, -0.05) is 13.8 Å². The largest absolute Gasteiger partial charge is 0.469 e. The van der Waals surface area contributed by atoms with Crippen molar-refractivity contribution in [2.24, 2.45) is 11.8 Å². The highest BCUT2D eigenvalue weighted by atomic mass is 16.5. The van der Waals surface area contributed by atoms with Crippen LogP contribution >= 0.6 is 0 Å². The Hall–Kier alpha value is -0.610. The molecule has 0 spiro atoms. The Kier molecular flexibility index (Phi) is 5.60. The summed E-state index contributed by atoms with van der Waals surface area (Å²) in [6, 6.07) is 0. The number of aliphatic hydroxyl groups is 1. The number of ether oxygens (including phenoxy) is 1. The van der Waals surface area contributed by atoms with E-state index in [1.54, 1.807) is 0 Å². The van der Waals surface area contributed by atoms with Crippen LogP contribution in [0.1, 0.15) is 39.5 Å². The summed E-state index contributed by atoms with van der Waals surface area (Å²) in [4.78, 5) is 13.4. The molecule has 1 aliphatic rings. The van der Waals surface area contributed by atoms with Crippen LogP contribution in [0.4, 0.5) is 0 Å². The average molecular weight is 257 g/mol. The molecule has 1 aliphatic carbocycles. The monoisotopic (exact) mass is 257 g/mol. The fraction of sp³-hybridized carbons (Fsp3) is 0.929. The lowest BCUT2D eigenvalue weighted by Crippen LogP contribution is -2.45. The summed E-state index contributed by atoms with van der Waals surface area (Å²) < 4.78 is 4.71. The van der Waals surface area contributed by atoms with E-state index in [-0.39, 0.29) is 11.9 Å². The lowest BCUT2D eigenvalue weighted by atomic mass is 9.79. The Morgan fingerprint density at radius 1 is 1.50 bits per heavy atom. The molecule has 1 unspecified atom stereocenters. The number of hydrogen-bond acceptors (Lipinski definition) is 4. The zero-order valence-electron chi connectivity index (χ0n) is 12.1. The average Bonchev–Trinajstić information content (AvgIpc) is 2.31. The maximum absolute atomic E-state index is 11.4. The molecule has 1 saturated carbocycles. The maximum Gasteiger partial charge on any atom is 0.309 e. The highest BCUT2D eigenvalue weighted by molar-refractivity contribution is 5.72. The van der Waals surface area contributed by atoms with E-state index in [4.69, 9.17) is 4.74 Å². The summed E-state index contributed by atoms with van der Waals surface area (Å²) >= 11 is 0. The van der Waals surface area contributed by atoms with Crippen molar-refractivity contribution in [1.82, 2.24) is 4.90 Å². The van der Waals surface area contributed by atoms with Crippen molar-refractivity contribution in [2.45, 2.75) is 45.1 Å². The van der Waals surface area contributed by atoms with Crippen LogP contribution in [-0.2, 0) is 9.53 Å². The van der Waals surface area contributed by atoms with E-state index >= 15 is 0 Å². The van der Waals surface area contributed by atoms with Crippen molar-refractivity contribution in [3.63, 3.8) is 0 Å². The molecule has 0 amide bonds. The van der Waals surface area contributed by atoms with E-state index < -0.39 is 5.60 Å². The quantitative estimate of drug-likeness (QED) is 0.761. The molecule has 1 rings (SSSR count).